The molecule has 4 atom stereocenters. The predicted molar refractivity (Wildman–Crippen MR) is 76.8 cm³/mol. The summed E-state index contributed by atoms with van der Waals surface area (Å²) in [6, 6.07) is 0.568. The molecule has 1 aromatic heterocycles. The topological polar surface area (TPSA) is 37.8 Å². The average molecular weight is 265 g/mol. The second-order valence-electron chi connectivity index (χ2n) is 5.57. The van der Waals surface area contributed by atoms with E-state index in [-0.39, 0.29) is 0 Å². The molecule has 1 aliphatic rings. The van der Waals surface area contributed by atoms with Gasteiger partial charge in [0.2, 0.25) is 0 Å². The number of nitrogens with one attached hydrogen (secondary N) is 1. The molecule has 1 aromatic rings. The summed E-state index contributed by atoms with van der Waals surface area (Å²) in [5.74, 6) is 1.52. The monoisotopic (exact) mass is 265 g/mol. The van der Waals surface area contributed by atoms with Crippen molar-refractivity contribution < 1.29 is 0 Å². The molecule has 2 rings (SSSR count). The fourth-order valence-electron chi connectivity index (χ4n) is 2.87. The maximum Gasteiger partial charge on any atom is 0.187 e. The first-order valence-corrected chi connectivity index (χ1v) is 7.60. The van der Waals surface area contributed by atoms with Gasteiger partial charge in [-0.05, 0) is 44.2 Å². The highest BCUT2D eigenvalue weighted by atomic mass is 32.2. The number of thioether (sulfide) groups is 1. The zero-order valence-electron chi connectivity index (χ0n) is 11.7. The van der Waals surface area contributed by atoms with Crippen molar-refractivity contribution in [2.24, 2.45) is 11.8 Å². The van der Waals surface area contributed by atoms with Gasteiger partial charge in [0.1, 0.15) is 0 Å². The summed E-state index contributed by atoms with van der Waals surface area (Å²) in [5, 5.41) is 4.96. The Bertz CT molecular complexity index is 379. The number of aryl methyl sites for hydroxylation is 1. The molecule has 1 saturated carbocycles. The summed E-state index contributed by atoms with van der Waals surface area (Å²) in [7, 11) is 2.07. The second-order valence-corrected chi connectivity index (χ2v) is 6.72. The standard InChI is InChI=1S/C14H23N3S/c1-9-5-11(3)13(12(6-9)15-4)18-14-16-7-10(2)8-17-14/h7-9,11-13,15H,5-6H2,1-4H3. The van der Waals surface area contributed by atoms with Gasteiger partial charge in [0, 0.05) is 23.7 Å². The van der Waals surface area contributed by atoms with Crippen LogP contribution in [0.3, 0.4) is 0 Å². The van der Waals surface area contributed by atoms with Crippen molar-refractivity contribution in [1.29, 1.82) is 0 Å². The van der Waals surface area contributed by atoms with E-state index in [1.807, 2.05) is 31.1 Å². The van der Waals surface area contributed by atoms with Gasteiger partial charge < -0.3 is 5.32 Å². The number of hydrogen-bond donors (Lipinski definition) is 1. The Morgan fingerprint density at radius 2 is 1.89 bits per heavy atom. The van der Waals surface area contributed by atoms with Crippen LogP contribution >= 0.6 is 11.8 Å². The van der Waals surface area contributed by atoms with E-state index >= 15 is 0 Å². The van der Waals surface area contributed by atoms with Crippen molar-refractivity contribution >= 4 is 11.8 Å². The predicted octanol–water partition coefficient (Wildman–Crippen LogP) is 2.90. The first-order chi connectivity index (χ1) is 8.60. The van der Waals surface area contributed by atoms with Crippen LogP contribution in [0.2, 0.25) is 0 Å². The molecule has 0 saturated heterocycles. The number of nitrogens with zero attached hydrogens (tertiary/aromatic N) is 2. The van der Waals surface area contributed by atoms with E-state index in [0.29, 0.717) is 17.2 Å². The zero-order chi connectivity index (χ0) is 13.1. The van der Waals surface area contributed by atoms with Gasteiger partial charge >= 0.3 is 0 Å². The SMILES string of the molecule is CNC1CC(C)CC(C)C1Sc1ncc(C)cn1. The molecule has 4 unspecified atom stereocenters. The van der Waals surface area contributed by atoms with Crippen LogP contribution in [-0.4, -0.2) is 28.3 Å². The molecule has 0 spiro atoms. The normalized spacial score (nSPS) is 32.4. The van der Waals surface area contributed by atoms with Crippen molar-refractivity contribution in [3.8, 4) is 0 Å². The molecule has 1 fully saturated rings. The summed E-state index contributed by atoms with van der Waals surface area (Å²) in [5.41, 5.74) is 1.12. The van der Waals surface area contributed by atoms with Gasteiger partial charge in [0.15, 0.2) is 5.16 Å². The van der Waals surface area contributed by atoms with Crippen LogP contribution in [0.5, 0.6) is 0 Å². The molecule has 1 heterocycles. The average Bonchev–Trinajstić information content (AvgIpc) is 2.34. The van der Waals surface area contributed by atoms with E-state index in [1.165, 1.54) is 12.8 Å². The third-order valence-electron chi connectivity index (χ3n) is 3.76. The number of hydrogen-bond acceptors (Lipinski definition) is 4. The van der Waals surface area contributed by atoms with Crippen LogP contribution in [0.4, 0.5) is 0 Å². The van der Waals surface area contributed by atoms with E-state index in [2.05, 4.69) is 36.2 Å². The van der Waals surface area contributed by atoms with Gasteiger partial charge in [-0.15, -0.1) is 0 Å². The Balaban J connectivity index is 2.08. The maximum absolute atomic E-state index is 4.42. The molecule has 0 amide bonds. The summed E-state index contributed by atoms with van der Waals surface area (Å²) in [4.78, 5) is 8.84. The Labute approximate surface area is 114 Å². The first-order valence-electron chi connectivity index (χ1n) is 6.72. The van der Waals surface area contributed by atoms with Gasteiger partial charge in [-0.3, -0.25) is 0 Å². The maximum atomic E-state index is 4.42. The smallest absolute Gasteiger partial charge is 0.187 e. The molecule has 1 N–H and O–H groups in total. The zero-order valence-corrected chi connectivity index (χ0v) is 12.5. The van der Waals surface area contributed by atoms with E-state index in [4.69, 9.17) is 0 Å². The quantitative estimate of drug-likeness (QED) is 0.853. The molecule has 1 aliphatic carbocycles. The van der Waals surface area contributed by atoms with Gasteiger partial charge in [0.25, 0.3) is 0 Å². The Morgan fingerprint density at radius 1 is 1.22 bits per heavy atom. The molecule has 0 bridgehead atoms. The van der Waals surface area contributed by atoms with Crippen LogP contribution in [0.15, 0.2) is 17.6 Å². The third-order valence-corrected chi connectivity index (χ3v) is 5.24. The highest BCUT2D eigenvalue weighted by Crippen LogP contribution is 2.38. The fraction of sp³-hybridized carbons (Fsp3) is 0.714. The Hall–Kier alpha value is -0.610. The minimum absolute atomic E-state index is 0.568. The van der Waals surface area contributed by atoms with Crippen molar-refractivity contribution in [3.05, 3.63) is 18.0 Å². The molecule has 100 valence electrons. The first kappa shape index (κ1) is 13.8. The molecule has 0 radical (unpaired) electrons. The van der Waals surface area contributed by atoms with Crippen LogP contribution in [-0.2, 0) is 0 Å². The molecule has 18 heavy (non-hydrogen) atoms. The van der Waals surface area contributed by atoms with Gasteiger partial charge in [0.05, 0.1) is 0 Å². The van der Waals surface area contributed by atoms with Crippen molar-refractivity contribution in [2.75, 3.05) is 7.05 Å². The summed E-state index contributed by atoms with van der Waals surface area (Å²) < 4.78 is 0. The van der Waals surface area contributed by atoms with Crippen LogP contribution < -0.4 is 5.32 Å². The molecular weight excluding hydrogens is 242 g/mol. The van der Waals surface area contributed by atoms with Crippen molar-refractivity contribution in [1.82, 2.24) is 15.3 Å². The van der Waals surface area contributed by atoms with Crippen molar-refractivity contribution in [3.63, 3.8) is 0 Å². The summed E-state index contributed by atoms with van der Waals surface area (Å²) in [6.45, 7) is 6.73. The van der Waals surface area contributed by atoms with E-state index in [0.717, 1.165) is 16.6 Å². The Morgan fingerprint density at radius 3 is 2.50 bits per heavy atom. The third kappa shape index (κ3) is 3.23. The highest BCUT2D eigenvalue weighted by molar-refractivity contribution is 7.99. The van der Waals surface area contributed by atoms with Crippen LogP contribution in [0.1, 0.15) is 32.3 Å². The van der Waals surface area contributed by atoms with E-state index in [9.17, 15) is 0 Å². The second kappa shape index (κ2) is 6.02. The molecule has 0 aliphatic heterocycles. The Kier molecular flexibility index (Phi) is 4.62. The molecule has 3 nitrogen and oxygen atoms in total. The lowest BCUT2D eigenvalue weighted by atomic mass is 9.80. The minimum Gasteiger partial charge on any atom is -0.316 e. The largest absolute Gasteiger partial charge is 0.316 e. The lowest BCUT2D eigenvalue weighted by Gasteiger charge is -2.38. The minimum atomic E-state index is 0.568. The van der Waals surface area contributed by atoms with Crippen molar-refractivity contribution in [2.45, 2.75) is 50.1 Å². The summed E-state index contributed by atoms with van der Waals surface area (Å²) in [6.07, 6.45) is 6.37. The lowest BCUT2D eigenvalue weighted by molar-refractivity contribution is 0.257. The number of rotatable bonds is 3. The lowest BCUT2D eigenvalue weighted by Crippen LogP contribution is -2.44. The van der Waals surface area contributed by atoms with E-state index in [1.54, 1.807) is 0 Å². The number of aromatic nitrogens is 2. The van der Waals surface area contributed by atoms with Gasteiger partial charge in [-0.1, -0.05) is 25.6 Å². The molecule has 4 heteroatoms. The van der Waals surface area contributed by atoms with Crippen LogP contribution in [0, 0.1) is 18.8 Å². The fourth-order valence-corrected chi connectivity index (χ4v) is 4.10. The van der Waals surface area contributed by atoms with Gasteiger partial charge in [-0.2, -0.15) is 0 Å². The summed E-state index contributed by atoms with van der Waals surface area (Å²) >= 11 is 1.83. The molecule has 0 aromatic carbocycles. The van der Waals surface area contributed by atoms with Crippen LogP contribution in [0.25, 0.3) is 0 Å². The van der Waals surface area contributed by atoms with Gasteiger partial charge in [-0.25, -0.2) is 9.97 Å². The molecular formula is C14H23N3S. The highest BCUT2D eigenvalue weighted by Gasteiger charge is 2.34. The van der Waals surface area contributed by atoms with E-state index < -0.39 is 0 Å².